The van der Waals surface area contributed by atoms with Gasteiger partial charge in [-0.1, -0.05) is 152 Å². The molecule has 2 aromatic heterocycles. The average molecular weight is 663 g/mol. The second-order valence-electron chi connectivity index (χ2n) is 13.5. The molecule has 0 saturated carbocycles. The van der Waals surface area contributed by atoms with Crippen LogP contribution in [0.4, 0.5) is 0 Å². The van der Waals surface area contributed by atoms with Gasteiger partial charge in [-0.25, -0.2) is 0 Å². The van der Waals surface area contributed by atoms with Crippen molar-refractivity contribution in [2.45, 2.75) is 0 Å². The zero-order valence-corrected chi connectivity index (χ0v) is 28.1. The number of hydrogen-bond acceptors (Lipinski definition) is 2. The van der Waals surface area contributed by atoms with Crippen molar-refractivity contribution in [1.82, 2.24) is 0 Å². The molecular formula is C50H30O2. The SMILES string of the molecule is c1ccc(-c2cccc(-c3ccccc3)c2-c2c3ccccc3c(-c3ccc4c(c3)oc3ccc5c6ccccc6oc5c34)c3ccccc23)cc1. The van der Waals surface area contributed by atoms with E-state index < -0.39 is 0 Å². The van der Waals surface area contributed by atoms with E-state index in [1.165, 1.54) is 60.5 Å². The Morgan fingerprint density at radius 1 is 0.269 bits per heavy atom. The molecule has 0 bridgehead atoms. The van der Waals surface area contributed by atoms with E-state index in [0.29, 0.717) is 0 Å². The summed E-state index contributed by atoms with van der Waals surface area (Å²) < 4.78 is 13.0. The first-order valence-electron chi connectivity index (χ1n) is 17.8. The van der Waals surface area contributed by atoms with Gasteiger partial charge < -0.3 is 8.83 Å². The molecule has 2 heteroatoms. The third-order valence-corrected chi connectivity index (χ3v) is 10.7. The molecule has 242 valence electrons. The standard InChI is InChI=1S/C50H30O2/c1-3-14-31(15-4-1)34-23-13-24-35(32-16-5-2-6-17-32)47(34)48-39-21-9-7-19-37(39)46(38-20-8-10-22-40(38)48)33-26-27-42-45(30-33)51-44-29-28-41-36-18-11-12-25-43(36)52-50(41)49(42)44/h1-30H. The Balaban J connectivity index is 1.21. The summed E-state index contributed by atoms with van der Waals surface area (Å²) >= 11 is 0. The predicted molar refractivity (Wildman–Crippen MR) is 218 cm³/mol. The number of benzene rings is 9. The molecule has 0 spiro atoms. The first-order valence-corrected chi connectivity index (χ1v) is 17.8. The molecule has 0 aliphatic carbocycles. The highest BCUT2D eigenvalue weighted by Gasteiger charge is 2.23. The van der Waals surface area contributed by atoms with Gasteiger partial charge >= 0.3 is 0 Å². The van der Waals surface area contributed by atoms with Crippen molar-refractivity contribution in [3.8, 4) is 44.5 Å². The lowest BCUT2D eigenvalue weighted by Crippen LogP contribution is -1.95. The highest BCUT2D eigenvalue weighted by Crippen LogP contribution is 2.50. The van der Waals surface area contributed by atoms with Crippen molar-refractivity contribution in [3.05, 3.63) is 182 Å². The van der Waals surface area contributed by atoms with Gasteiger partial charge in [-0.05, 0) is 96.4 Å². The highest BCUT2D eigenvalue weighted by atomic mass is 16.3. The zero-order valence-electron chi connectivity index (χ0n) is 28.1. The monoisotopic (exact) mass is 662 g/mol. The van der Waals surface area contributed by atoms with E-state index in [2.05, 4.69) is 170 Å². The first kappa shape index (κ1) is 28.9. The van der Waals surface area contributed by atoms with Gasteiger partial charge in [0, 0.05) is 16.2 Å². The number of furan rings is 2. The van der Waals surface area contributed by atoms with E-state index >= 15 is 0 Å². The lowest BCUT2D eigenvalue weighted by atomic mass is 9.81. The maximum atomic E-state index is 6.61. The van der Waals surface area contributed by atoms with E-state index in [9.17, 15) is 0 Å². The minimum absolute atomic E-state index is 0.828. The largest absolute Gasteiger partial charge is 0.456 e. The second kappa shape index (κ2) is 11.3. The fourth-order valence-corrected chi connectivity index (χ4v) is 8.45. The summed E-state index contributed by atoms with van der Waals surface area (Å²) in [6, 6.07) is 65.1. The zero-order chi connectivity index (χ0) is 34.2. The summed E-state index contributed by atoms with van der Waals surface area (Å²) in [6.45, 7) is 0. The molecule has 11 aromatic rings. The average Bonchev–Trinajstić information content (AvgIpc) is 3.78. The van der Waals surface area contributed by atoms with Crippen molar-refractivity contribution < 1.29 is 8.83 Å². The van der Waals surface area contributed by atoms with Gasteiger partial charge in [0.25, 0.3) is 0 Å². The van der Waals surface area contributed by atoms with E-state index in [0.717, 1.165) is 49.4 Å². The highest BCUT2D eigenvalue weighted by molar-refractivity contribution is 6.25. The van der Waals surface area contributed by atoms with E-state index in [-0.39, 0.29) is 0 Å². The number of hydrogen-bond donors (Lipinski definition) is 0. The molecule has 0 atom stereocenters. The molecule has 52 heavy (non-hydrogen) atoms. The van der Waals surface area contributed by atoms with Crippen LogP contribution in [0.25, 0.3) is 110 Å². The van der Waals surface area contributed by atoms with Crippen molar-refractivity contribution in [2.75, 3.05) is 0 Å². The van der Waals surface area contributed by atoms with Crippen LogP contribution in [-0.4, -0.2) is 0 Å². The Morgan fingerprint density at radius 2 is 0.808 bits per heavy atom. The minimum Gasteiger partial charge on any atom is -0.456 e. The van der Waals surface area contributed by atoms with Crippen LogP contribution in [0.5, 0.6) is 0 Å². The van der Waals surface area contributed by atoms with E-state index in [1.54, 1.807) is 0 Å². The molecule has 0 saturated heterocycles. The van der Waals surface area contributed by atoms with Crippen LogP contribution in [0.1, 0.15) is 0 Å². The fourth-order valence-electron chi connectivity index (χ4n) is 8.45. The van der Waals surface area contributed by atoms with E-state index in [4.69, 9.17) is 8.83 Å². The maximum Gasteiger partial charge on any atom is 0.147 e. The predicted octanol–water partition coefficient (Wildman–Crippen LogP) is 14.5. The first-order chi connectivity index (χ1) is 25.8. The van der Waals surface area contributed by atoms with Crippen molar-refractivity contribution in [2.24, 2.45) is 0 Å². The molecule has 11 rings (SSSR count). The van der Waals surface area contributed by atoms with Crippen LogP contribution in [0.3, 0.4) is 0 Å². The molecule has 0 aliphatic rings. The summed E-state index contributed by atoms with van der Waals surface area (Å²) in [4.78, 5) is 0. The number of para-hydroxylation sites is 1. The smallest absolute Gasteiger partial charge is 0.147 e. The minimum atomic E-state index is 0.828. The lowest BCUT2D eigenvalue weighted by Gasteiger charge is -2.22. The van der Waals surface area contributed by atoms with Crippen LogP contribution in [-0.2, 0) is 0 Å². The Morgan fingerprint density at radius 3 is 1.44 bits per heavy atom. The lowest BCUT2D eigenvalue weighted by molar-refractivity contribution is 0.663. The third-order valence-electron chi connectivity index (χ3n) is 10.7. The molecular weight excluding hydrogens is 633 g/mol. The van der Waals surface area contributed by atoms with Crippen molar-refractivity contribution in [3.63, 3.8) is 0 Å². The summed E-state index contributed by atoms with van der Waals surface area (Å²) in [6.07, 6.45) is 0. The summed E-state index contributed by atoms with van der Waals surface area (Å²) in [5, 5.41) is 9.13. The fraction of sp³-hybridized carbons (Fsp3) is 0. The molecule has 9 aromatic carbocycles. The van der Waals surface area contributed by atoms with Gasteiger partial charge in [-0.15, -0.1) is 0 Å². The van der Waals surface area contributed by atoms with Gasteiger partial charge in [-0.3, -0.25) is 0 Å². The molecule has 0 unspecified atom stereocenters. The van der Waals surface area contributed by atoms with Crippen LogP contribution in [0, 0.1) is 0 Å². The van der Waals surface area contributed by atoms with Crippen LogP contribution in [0.15, 0.2) is 191 Å². The quantitative estimate of drug-likeness (QED) is 0.175. The second-order valence-corrected chi connectivity index (χ2v) is 13.5. The molecule has 0 radical (unpaired) electrons. The molecule has 0 N–H and O–H groups in total. The Kier molecular flexibility index (Phi) is 6.28. The van der Waals surface area contributed by atoms with Crippen LogP contribution in [0.2, 0.25) is 0 Å². The molecule has 2 nitrogen and oxygen atoms in total. The van der Waals surface area contributed by atoms with Gasteiger partial charge in [0.15, 0.2) is 0 Å². The van der Waals surface area contributed by atoms with Gasteiger partial charge in [-0.2, -0.15) is 0 Å². The number of rotatable bonds is 4. The summed E-state index contributed by atoms with van der Waals surface area (Å²) in [7, 11) is 0. The Hall–Kier alpha value is -6.90. The summed E-state index contributed by atoms with van der Waals surface area (Å²) in [5.41, 5.74) is 13.0. The molecule has 2 heterocycles. The molecule has 0 fully saturated rings. The van der Waals surface area contributed by atoms with Gasteiger partial charge in [0.2, 0.25) is 0 Å². The van der Waals surface area contributed by atoms with Crippen LogP contribution >= 0.6 is 0 Å². The topological polar surface area (TPSA) is 26.3 Å². The summed E-state index contributed by atoms with van der Waals surface area (Å²) in [5.74, 6) is 0. The maximum absolute atomic E-state index is 6.61. The molecule has 0 aliphatic heterocycles. The van der Waals surface area contributed by atoms with Crippen molar-refractivity contribution in [1.29, 1.82) is 0 Å². The molecule has 0 amide bonds. The van der Waals surface area contributed by atoms with Crippen molar-refractivity contribution >= 4 is 65.4 Å². The van der Waals surface area contributed by atoms with E-state index in [1.807, 2.05) is 12.1 Å². The number of fused-ring (bicyclic) bond motifs is 9. The van der Waals surface area contributed by atoms with Gasteiger partial charge in [0.05, 0.1) is 5.39 Å². The van der Waals surface area contributed by atoms with Crippen LogP contribution < -0.4 is 0 Å². The Bertz CT molecular complexity index is 3050. The van der Waals surface area contributed by atoms with Gasteiger partial charge in [0.1, 0.15) is 22.3 Å². The third kappa shape index (κ3) is 4.25. The Labute approximate surface area is 299 Å². The normalized spacial score (nSPS) is 11.8.